The number of aryl methyl sites for hydroxylation is 2. The van der Waals surface area contributed by atoms with Gasteiger partial charge in [-0.2, -0.15) is 4.98 Å². The van der Waals surface area contributed by atoms with Crippen LogP contribution in [0.5, 0.6) is 5.88 Å². The molecule has 1 aromatic heterocycles. The molecule has 0 bridgehead atoms. The number of aromatic nitrogens is 2. The van der Waals surface area contributed by atoms with Crippen LogP contribution in [0.15, 0.2) is 18.7 Å². The highest BCUT2D eigenvalue weighted by Gasteiger charge is 1.97. The summed E-state index contributed by atoms with van der Waals surface area (Å²) in [5, 5.41) is 0. The third-order valence-electron chi connectivity index (χ3n) is 1.29. The van der Waals surface area contributed by atoms with E-state index in [1.54, 1.807) is 12.1 Å². The fraction of sp³-hybridized carbons (Fsp3) is 0.333. The van der Waals surface area contributed by atoms with Crippen LogP contribution in [0.4, 0.5) is 0 Å². The minimum atomic E-state index is 0.482. The fourth-order valence-corrected chi connectivity index (χ4v) is 0.901. The van der Waals surface area contributed by atoms with E-state index in [9.17, 15) is 0 Å². The van der Waals surface area contributed by atoms with Crippen LogP contribution in [-0.2, 0) is 0 Å². The van der Waals surface area contributed by atoms with Gasteiger partial charge < -0.3 is 4.74 Å². The van der Waals surface area contributed by atoms with Crippen LogP contribution in [0.2, 0.25) is 0 Å². The van der Waals surface area contributed by atoms with Crippen molar-refractivity contribution in [2.75, 3.05) is 6.61 Å². The zero-order valence-electron chi connectivity index (χ0n) is 7.37. The van der Waals surface area contributed by atoms with E-state index in [0.29, 0.717) is 12.5 Å². The van der Waals surface area contributed by atoms with E-state index >= 15 is 0 Å². The molecule has 64 valence electrons. The number of rotatable bonds is 3. The highest BCUT2D eigenvalue weighted by Crippen LogP contribution is 2.07. The monoisotopic (exact) mass is 164 g/mol. The Balaban J connectivity index is 2.78. The molecule has 0 amide bonds. The highest BCUT2D eigenvalue weighted by atomic mass is 16.5. The topological polar surface area (TPSA) is 35.0 Å². The summed E-state index contributed by atoms with van der Waals surface area (Å²) in [6.07, 6.45) is 1.69. The molecule has 0 aromatic carbocycles. The van der Waals surface area contributed by atoms with Crippen molar-refractivity contribution >= 4 is 0 Å². The minimum absolute atomic E-state index is 0.482. The Hall–Kier alpha value is -1.38. The van der Waals surface area contributed by atoms with Gasteiger partial charge in [0, 0.05) is 11.8 Å². The van der Waals surface area contributed by atoms with Gasteiger partial charge in [-0.15, -0.1) is 0 Å². The first-order valence-corrected chi connectivity index (χ1v) is 3.78. The Morgan fingerprint density at radius 1 is 1.50 bits per heavy atom. The predicted octanol–water partition coefficient (Wildman–Crippen LogP) is 1.66. The zero-order chi connectivity index (χ0) is 8.97. The van der Waals surface area contributed by atoms with Crippen molar-refractivity contribution in [3.05, 3.63) is 30.2 Å². The van der Waals surface area contributed by atoms with Crippen molar-refractivity contribution in [1.29, 1.82) is 0 Å². The predicted molar refractivity (Wildman–Crippen MR) is 47.2 cm³/mol. The molecule has 0 saturated carbocycles. The Kier molecular flexibility index (Phi) is 2.80. The van der Waals surface area contributed by atoms with Crippen molar-refractivity contribution in [1.82, 2.24) is 9.97 Å². The van der Waals surface area contributed by atoms with E-state index in [-0.39, 0.29) is 0 Å². The van der Waals surface area contributed by atoms with Gasteiger partial charge in [0.05, 0.1) is 0 Å². The van der Waals surface area contributed by atoms with Crippen molar-refractivity contribution in [3.63, 3.8) is 0 Å². The molecule has 0 aliphatic carbocycles. The molecule has 0 atom stereocenters. The molecular formula is C9H12N2O. The van der Waals surface area contributed by atoms with E-state index in [1.165, 1.54) is 0 Å². The third kappa shape index (κ3) is 2.34. The van der Waals surface area contributed by atoms with Crippen LogP contribution in [0.25, 0.3) is 0 Å². The molecule has 0 N–H and O–H groups in total. The minimum Gasteiger partial charge on any atom is -0.473 e. The summed E-state index contributed by atoms with van der Waals surface area (Å²) in [4.78, 5) is 8.22. The van der Waals surface area contributed by atoms with Gasteiger partial charge in [0.2, 0.25) is 5.88 Å². The molecule has 0 saturated heterocycles. The van der Waals surface area contributed by atoms with E-state index in [1.807, 2.05) is 13.8 Å². The van der Waals surface area contributed by atoms with Crippen LogP contribution < -0.4 is 4.74 Å². The number of ether oxygens (including phenoxy) is 1. The lowest BCUT2D eigenvalue weighted by molar-refractivity contribution is 0.346. The molecule has 0 aliphatic heterocycles. The summed E-state index contributed by atoms with van der Waals surface area (Å²) in [7, 11) is 0. The third-order valence-corrected chi connectivity index (χ3v) is 1.29. The summed E-state index contributed by atoms with van der Waals surface area (Å²) >= 11 is 0. The number of nitrogens with zero attached hydrogens (tertiary/aromatic N) is 2. The molecule has 0 radical (unpaired) electrons. The Labute approximate surface area is 72.1 Å². The lowest BCUT2D eigenvalue weighted by Gasteiger charge is -2.03. The van der Waals surface area contributed by atoms with Gasteiger partial charge in [0.25, 0.3) is 0 Å². The molecule has 0 spiro atoms. The lowest BCUT2D eigenvalue weighted by atomic mass is 10.4. The van der Waals surface area contributed by atoms with Crippen LogP contribution in [-0.4, -0.2) is 16.6 Å². The Morgan fingerprint density at radius 3 is 2.83 bits per heavy atom. The van der Waals surface area contributed by atoms with Crippen molar-refractivity contribution in [2.24, 2.45) is 0 Å². The molecule has 1 rings (SSSR count). The average molecular weight is 164 g/mol. The molecule has 1 heterocycles. The van der Waals surface area contributed by atoms with Crippen LogP contribution >= 0.6 is 0 Å². The lowest BCUT2D eigenvalue weighted by Crippen LogP contribution is -1.99. The van der Waals surface area contributed by atoms with Gasteiger partial charge in [-0.05, 0) is 13.8 Å². The second kappa shape index (κ2) is 3.85. The maximum Gasteiger partial charge on any atom is 0.217 e. The van der Waals surface area contributed by atoms with Gasteiger partial charge in [-0.25, -0.2) is 4.98 Å². The maximum atomic E-state index is 5.25. The molecule has 3 nitrogen and oxygen atoms in total. The first-order valence-electron chi connectivity index (χ1n) is 3.78. The molecule has 0 fully saturated rings. The van der Waals surface area contributed by atoms with Crippen molar-refractivity contribution in [2.45, 2.75) is 13.8 Å². The summed E-state index contributed by atoms with van der Waals surface area (Å²) in [5.41, 5.74) is 0.918. The maximum absolute atomic E-state index is 5.25. The molecule has 0 aliphatic rings. The first-order chi connectivity index (χ1) is 5.72. The summed E-state index contributed by atoms with van der Waals surface area (Å²) < 4.78 is 5.25. The Morgan fingerprint density at radius 2 is 2.25 bits per heavy atom. The number of hydrogen-bond acceptors (Lipinski definition) is 3. The first kappa shape index (κ1) is 8.71. The van der Waals surface area contributed by atoms with Gasteiger partial charge in [0.1, 0.15) is 12.4 Å². The smallest absolute Gasteiger partial charge is 0.217 e. The largest absolute Gasteiger partial charge is 0.473 e. The zero-order valence-corrected chi connectivity index (χ0v) is 7.37. The van der Waals surface area contributed by atoms with Gasteiger partial charge in [-0.3, -0.25) is 0 Å². The van der Waals surface area contributed by atoms with Crippen molar-refractivity contribution in [3.8, 4) is 5.88 Å². The molecular weight excluding hydrogens is 152 g/mol. The molecule has 0 unspecified atom stereocenters. The van der Waals surface area contributed by atoms with E-state index in [0.717, 1.165) is 11.5 Å². The van der Waals surface area contributed by atoms with Crippen LogP contribution in [0, 0.1) is 13.8 Å². The molecule has 12 heavy (non-hydrogen) atoms. The molecule has 1 aromatic rings. The SMILES string of the molecule is C=CCOc1cc(C)nc(C)n1. The number of hydrogen-bond donors (Lipinski definition) is 0. The van der Waals surface area contributed by atoms with E-state index in [2.05, 4.69) is 16.5 Å². The van der Waals surface area contributed by atoms with Gasteiger partial charge in [-0.1, -0.05) is 12.7 Å². The fourth-order valence-electron chi connectivity index (χ4n) is 0.901. The van der Waals surface area contributed by atoms with E-state index < -0.39 is 0 Å². The quantitative estimate of drug-likeness (QED) is 0.637. The highest BCUT2D eigenvalue weighted by molar-refractivity contribution is 5.14. The normalized spacial score (nSPS) is 9.50. The summed E-state index contributed by atoms with van der Waals surface area (Å²) in [6, 6.07) is 1.80. The van der Waals surface area contributed by atoms with E-state index in [4.69, 9.17) is 4.74 Å². The summed E-state index contributed by atoms with van der Waals surface area (Å²) in [6.45, 7) is 7.79. The average Bonchev–Trinajstić information content (AvgIpc) is 1.99. The standard InChI is InChI=1S/C9H12N2O/c1-4-5-12-9-6-7(2)10-8(3)11-9/h4,6H,1,5H2,2-3H3. The van der Waals surface area contributed by atoms with Gasteiger partial charge >= 0.3 is 0 Å². The van der Waals surface area contributed by atoms with Crippen LogP contribution in [0.3, 0.4) is 0 Å². The van der Waals surface area contributed by atoms with Crippen LogP contribution in [0.1, 0.15) is 11.5 Å². The molecule has 3 heteroatoms. The second-order valence-corrected chi connectivity index (χ2v) is 2.49. The second-order valence-electron chi connectivity index (χ2n) is 2.49. The van der Waals surface area contributed by atoms with Crippen molar-refractivity contribution < 1.29 is 4.74 Å². The van der Waals surface area contributed by atoms with Gasteiger partial charge in [0.15, 0.2) is 0 Å². The Bertz CT molecular complexity index is 264. The summed E-state index contributed by atoms with van der Waals surface area (Å²) in [5.74, 6) is 1.34.